The molecule has 1 aromatic rings. The third kappa shape index (κ3) is 4.48. The van der Waals surface area contributed by atoms with Crippen LogP contribution >= 0.6 is 0 Å². The zero-order valence-electron chi connectivity index (χ0n) is 15.4. The summed E-state index contributed by atoms with van der Waals surface area (Å²) >= 11 is 0. The second-order valence-electron chi connectivity index (χ2n) is 7.35. The molecule has 2 fully saturated rings. The molecule has 0 radical (unpaired) electrons. The predicted molar refractivity (Wildman–Crippen MR) is 101 cm³/mol. The summed E-state index contributed by atoms with van der Waals surface area (Å²) in [7, 11) is -3.86. The summed E-state index contributed by atoms with van der Waals surface area (Å²) in [5.41, 5.74) is -0.370. The number of aliphatic hydroxyl groups is 1. The maximum absolute atomic E-state index is 12.9. The van der Waals surface area contributed by atoms with Gasteiger partial charge in [0.2, 0.25) is 10.0 Å². The number of para-hydroxylation sites is 1. The Morgan fingerprint density at radius 2 is 1.70 bits per heavy atom. The number of piperidine rings is 2. The van der Waals surface area contributed by atoms with Crippen LogP contribution in [0.2, 0.25) is 0 Å². The van der Waals surface area contributed by atoms with Crippen molar-refractivity contribution in [1.82, 2.24) is 9.21 Å². The number of nitro groups is 1. The smallest absolute Gasteiger partial charge is 0.289 e. The zero-order valence-corrected chi connectivity index (χ0v) is 16.2. The average Bonchev–Trinajstić information content (AvgIpc) is 2.69. The predicted octanol–water partition coefficient (Wildman–Crippen LogP) is 1.84. The average molecular weight is 397 g/mol. The van der Waals surface area contributed by atoms with Gasteiger partial charge in [0.25, 0.3) is 5.69 Å². The van der Waals surface area contributed by atoms with Crippen LogP contribution in [0.5, 0.6) is 0 Å². The first-order valence-corrected chi connectivity index (χ1v) is 11.0. The number of hydrogen-bond donors (Lipinski definition) is 1. The van der Waals surface area contributed by atoms with Gasteiger partial charge in [-0.3, -0.25) is 10.1 Å². The Hall–Kier alpha value is -1.55. The Kier molecular flexibility index (Phi) is 6.46. The van der Waals surface area contributed by atoms with Crippen LogP contribution in [0.3, 0.4) is 0 Å². The summed E-state index contributed by atoms with van der Waals surface area (Å²) in [5.74, 6) is 0.588. The van der Waals surface area contributed by atoms with E-state index >= 15 is 0 Å². The summed E-state index contributed by atoms with van der Waals surface area (Å²) in [6.45, 7) is 3.00. The molecule has 27 heavy (non-hydrogen) atoms. The number of nitro benzene ring substituents is 1. The maximum Gasteiger partial charge on any atom is 0.289 e. The molecule has 9 heteroatoms. The third-order valence-electron chi connectivity index (χ3n) is 5.81. The molecule has 150 valence electrons. The lowest BCUT2D eigenvalue weighted by atomic mass is 9.92. The monoisotopic (exact) mass is 397 g/mol. The lowest BCUT2D eigenvalue weighted by Gasteiger charge is -2.41. The van der Waals surface area contributed by atoms with E-state index in [1.165, 1.54) is 28.6 Å². The molecule has 0 atom stereocenters. The highest BCUT2D eigenvalue weighted by molar-refractivity contribution is 7.89. The van der Waals surface area contributed by atoms with Crippen molar-refractivity contribution < 1.29 is 18.4 Å². The maximum atomic E-state index is 12.9. The van der Waals surface area contributed by atoms with Gasteiger partial charge in [-0.1, -0.05) is 12.1 Å². The van der Waals surface area contributed by atoms with E-state index in [9.17, 15) is 18.5 Å². The number of rotatable bonds is 6. The van der Waals surface area contributed by atoms with E-state index in [1.807, 2.05) is 0 Å². The first kappa shape index (κ1) is 20.2. The molecule has 0 aliphatic carbocycles. The van der Waals surface area contributed by atoms with E-state index in [0.29, 0.717) is 25.0 Å². The Morgan fingerprint density at radius 3 is 2.30 bits per heavy atom. The Bertz CT molecular complexity index is 754. The fourth-order valence-corrected chi connectivity index (χ4v) is 5.83. The number of sulfonamides is 1. The topological polar surface area (TPSA) is 104 Å². The third-order valence-corrected chi connectivity index (χ3v) is 7.75. The van der Waals surface area contributed by atoms with Gasteiger partial charge in [0.05, 0.1) is 4.92 Å². The number of hydrogen-bond acceptors (Lipinski definition) is 6. The van der Waals surface area contributed by atoms with Crippen molar-refractivity contribution in [3.63, 3.8) is 0 Å². The van der Waals surface area contributed by atoms with Gasteiger partial charge in [-0.05, 0) is 57.2 Å². The van der Waals surface area contributed by atoms with E-state index in [2.05, 4.69) is 4.90 Å². The zero-order chi connectivity index (χ0) is 19.4. The SMILES string of the molecule is O=[N+]([O-])c1ccccc1S(=O)(=O)N1CCC(N2CCC(CCO)CC2)CC1. The minimum atomic E-state index is -3.86. The quantitative estimate of drug-likeness (QED) is 0.580. The molecule has 0 aromatic heterocycles. The highest BCUT2D eigenvalue weighted by atomic mass is 32.2. The van der Waals surface area contributed by atoms with E-state index in [0.717, 1.165) is 45.2 Å². The van der Waals surface area contributed by atoms with Gasteiger partial charge in [0.15, 0.2) is 4.90 Å². The molecule has 0 bridgehead atoms. The standard InChI is InChI=1S/C18H27N3O5S/c22-14-9-15-5-10-19(11-6-15)16-7-12-20(13-8-16)27(25,26)18-4-2-1-3-17(18)21(23)24/h1-4,15-16,22H,5-14H2. The fraction of sp³-hybridized carbons (Fsp3) is 0.667. The molecule has 3 rings (SSSR count). The summed E-state index contributed by atoms with van der Waals surface area (Å²) < 4.78 is 27.2. The Morgan fingerprint density at radius 1 is 1.07 bits per heavy atom. The molecule has 0 spiro atoms. The Balaban J connectivity index is 1.62. The molecule has 0 unspecified atom stereocenters. The summed E-state index contributed by atoms with van der Waals surface area (Å²) in [6.07, 6.45) is 4.50. The lowest BCUT2D eigenvalue weighted by molar-refractivity contribution is -0.387. The molecule has 8 nitrogen and oxygen atoms in total. The van der Waals surface area contributed by atoms with Crippen molar-refractivity contribution in [3.8, 4) is 0 Å². The van der Waals surface area contributed by atoms with Gasteiger partial charge in [0, 0.05) is 31.8 Å². The van der Waals surface area contributed by atoms with E-state index in [4.69, 9.17) is 5.11 Å². The van der Waals surface area contributed by atoms with Crippen LogP contribution in [-0.4, -0.2) is 66.5 Å². The normalized spacial score (nSPS) is 21.4. The number of benzene rings is 1. The van der Waals surface area contributed by atoms with Crippen molar-refractivity contribution >= 4 is 15.7 Å². The molecule has 0 amide bonds. The molecule has 2 aliphatic heterocycles. The summed E-state index contributed by atoms with van der Waals surface area (Å²) in [6, 6.07) is 5.89. The van der Waals surface area contributed by atoms with Crippen molar-refractivity contribution in [1.29, 1.82) is 0 Å². The van der Waals surface area contributed by atoms with Gasteiger partial charge in [0.1, 0.15) is 0 Å². The summed E-state index contributed by atoms with van der Waals surface area (Å²) in [5, 5.41) is 20.3. The minimum absolute atomic E-state index is 0.224. The molecule has 2 saturated heterocycles. The first-order chi connectivity index (χ1) is 12.9. The van der Waals surface area contributed by atoms with Gasteiger partial charge in [-0.25, -0.2) is 8.42 Å². The minimum Gasteiger partial charge on any atom is -0.396 e. The van der Waals surface area contributed by atoms with Crippen LogP contribution in [0, 0.1) is 16.0 Å². The molecule has 1 aromatic carbocycles. The molecule has 0 saturated carbocycles. The highest BCUT2D eigenvalue weighted by Crippen LogP contribution is 2.30. The van der Waals surface area contributed by atoms with Crippen molar-refractivity contribution in [2.75, 3.05) is 32.8 Å². The second-order valence-corrected chi connectivity index (χ2v) is 9.26. The van der Waals surface area contributed by atoms with Crippen LogP contribution < -0.4 is 0 Å². The van der Waals surface area contributed by atoms with Crippen molar-refractivity contribution in [2.45, 2.75) is 43.0 Å². The van der Waals surface area contributed by atoms with Crippen LogP contribution in [0.25, 0.3) is 0 Å². The van der Waals surface area contributed by atoms with Gasteiger partial charge >= 0.3 is 0 Å². The first-order valence-electron chi connectivity index (χ1n) is 9.52. The second kappa shape index (κ2) is 8.64. The van der Waals surface area contributed by atoms with Crippen molar-refractivity contribution in [3.05, 3.63) is 34.4 Å². The van der Waals surface area contributed by atoms with Gasteiger partial charge in [-0.2, -0.15) is 4.31 Å². The van der Waals surface area contributed by atoms with Crippen LogP contribution in [0.4, 0.5) is 5.69 Å². The highest BCUT2D eigenvalue weighted by Gasteiger charge is 2.35. The van der Waals surface area contributed by atoms with E-state index in [1.54, 1.807) is 0 Å². The van der Waals surface area contributed by atoms with Gasteiger partial charge in [-0.15, -0.1) is 0 Å². The van der Waals surface area contributed by atoms with E-state index in [-0.39, 0.29) is 17.2 Å². The van der Waals surface area contributed by atoms with Crippen LogP contribution in [-0.2, 0) is 10.0 Å². The molecule has 1 N–H and O–H groups in total. The molecular weight excluding hydrogens is 370 g/mol. The largest absolute Gasteiger partial charge is 0.396 e. The fourth-order valence-electron chi connectivity index (χ4n) is 4.20. The van der Waals surface area contributed by atoms with Crippen LogP contribution in [0.15, 0.2) is 29.2 Å². The van der Waals surface area contributed by atoms with Crippen molar-refractivity contribution in [2.24, 2.45) is 5.92 Å². The molecular formula is C18H27N3O5S. The number of aliphatic hydroxyl groups excluding tert-OH is 1. The van der Waals surface area contributed by atoms with E-state index < -0.39 is 14.9 Å². The van der Waals surface area contributed by atoms with Gasteiger partial charge < -0.3 is 10.0 Å². The lowest BCUT2D eigenvalue weighted by Crippen LogP contribution is -2.49. The number of likely N-dealkylation sites (tertiary alicyclic amines) is 1. The number of nitrogens with zero attached hydrogens (tertiary/aromatic N) is 3. The molecule has 2 heterocycles. The Labute approximate surface area is 160 Å². The molecule has 2 aliphatic rings. The summed E-state index contributed by atoms with van der Waals surface area (Å²) in [4.78, 5) is 12.7. The van der Waals surface area contributed by atoms with Crippen LogP contribution in [0.1, 0.15) is 32.1 Å².